The third-order valence-corrected chi connectivity index (χ3v) is 6.49. The number of amides is 1. The van der Waals surface area contributed by atoms with Crippen LogP contribution >= 0.6 is 11.3 Å². The lowest BCUT2D eigenvalue weighted by Gasteiger charge is -2.27. The Morgan fingerprint density at radius 2 is 2.00 bits per heavy atom. The standard InChI is InChI=1S/C17H20N2O3S2/c1-2-11-24(21,22)18-15-5-3-13(4-6-15)17(20)19-9-7-16-14(12-19)8-10-23-16/h3-6,8,10,18H,2,7,9,11-12H2,1H3. The maximum absolute atomic E-state index is 12.6. The molecule has 0 spiro atoms. The topological polar surface area (TPSA) is 66.5 Å². The Morgan fingerprint density at radius 1 is 1.25 bits per heavy atom. The van der Waals surface area contributed by atoms with Gasteiger partial charge in [-0.2, -0.15) is 0 Å². The van der Waals surface area contributed by atoms with Gasteiger partial charge in [0.25, 0.3) is 5.91 Å². The first kappa shape index (κ1) is 17.0. The Hall–Kier alpha value is -1.86. The molecule has 0 unspecified atom stereocenters. The fourth-order valence-electron chi connectivity index (χ4n) is 2.78. The number of carbonyl (C=O) groups is 1. The van der Waals surface area contributed by atoms with Crippen LogP contribution in [0.3, 0.4) is 0 Å². The van der Waals surface area contributed by atoms with E-state index in [1.165, 1.54) is 10.4 Å². The minimum Gasteiger partial charge on any atom is -0.334 e. The van der Waals surface area contributed by atoms with Crippen LogP contribution in [0.1, 0.15) is 34.1 Å². The van der Waals surface area contributed by atoms with E-state index in [4.69, 9.17) is 0 Å². The predicted molar refractivity (Wildman–Crippen MR) is 96.9 cm³/mol. The first-order chi connectivity index (χ1) is 11.5. The zero-order chi connectivity index (χ0) is 17.2. The van der Waals surface area contributed by atoms with Crippen molar-refractivity contribution in [2.24, 2.45) is 0 Å². The highest BCUT2D eigenvalue weighted by Crippen LogP contribution is 2.25. The molecule has 5 nitrogen and oxygen atoms in total. The minimum absolute atomic E-state index is 0.0187. The van der Waals surface area contributed by atoms with Crippen molar-refractivity contribution in [3.8, 4) is 0 Å². The van der Waals surface area contributed by atoms with E-state index >= 15 is 0 Å². The summed E-state index contributed by atoms with van der Waals surface area (Å²) in [6.07, 6.45) is 1.46. The molecule has 0 atom stereocenters. The maximum atomic E-state index is 12.6. The van der Waals surface area contributed by atoms with Crippen LogP contribution in [-0.4, -0.2) is 31.5 Å². The molecule has 0 bridgehead atoms. The van der Waals surface area contributed by atoms with E-state index in [1.54, 1.807) is 35.6 Å². The van der Waals surface area contributed by atoms with Crippen molar-refractivity contribution in [2.75, 3.05) is 17.0 Å². The molecule has 1 aliphatic heterocycles. The number of sulfonamides is 1. The number of hydrogen-bond acceptors (Lipinski definition) is 4. The number of fused-ring (bicyclic) bond motifs is 1. The fraction of sp³-hybridized carbons (Fsp3) is 0.353. The van der Waals surface area contributed by atoms with Crippen LogP contribution in [0.4, 0.5) is 5.69 Å². The van der Waals surface area contributed by atoms with E-state index in [-0.39, 0.29) is 11.7 Å². The van der Waals surface area contributed by atoms with E-state index in [9.17, 15) is 13.2 Å². The average molecular weight is 364 g/mol. The molecule has 0 saturated carbocycles. The summed E-state index contributed by atoms with van der Waals surface area (Å²) >= 11 is 1.74. The second-order valence-electron chi connectivity index (χ2n) is 5.84. The van der Waals surface area contributed by atoms with Gasteiger partial charge < -0.3 is 4.90 Å². The fourth-order valence-corrected chi connectivity index (χ4v) is 4.81. The number of anilines is 1. The number of nitrogens with one attached hydrogen (secondary N) is 1. The second kappa shape index (κ2) is 6.94. The normalized spacial score (nSPS) is 14.3. The van der Waals surface area contributed by atoms with Crippen LogP contribution in [0.5, 0.6) is 0 Å². The van der Waals surface area contributed by atoms with Crippen LogP contribution in [0.15, 0.2) is 35.7 Å². The van der Waals surface area contributed by atoms with E-state index in [0.717, 1.165) is 13.0 Å². The van der Waals surface area contributed by atoms with E-state index in [1.807, 2.05) is 11.8 Å². The average Bonchev–Trinajstić information content (AvgIpc) is 3.02. The van der Waals surface area contributed by atoms with Crippen molar-refractivity contribution in [2.45, 2.75) is 26.3 Å². The molecule has 1 aromatic heterocycles. The summed E-state index contributed by atoms with van der Waals surface area (Å²) in [5.41, 5.74) is 2.29. The third kappa shape index (κ3) is 3.79. The summed E-state index contributed by atoms with van der Waals surface area (Å²) in [4.78, 5) is 15.8. The summed E-state index contributed by atoms with van der Waals surface area (Å²) in [7, 11) is -3.31. The van der Waals surface area contributed by atoms with Crippen LogP contribution in [0.25, 0.3) is 0 Å². The van der Waals surface area contributed by atoms with Gasteiger partial charge in [-0.15, -0.1) is 11.3 Å². The molecule has 3 rings (SSSR count). The molecular weight excluding hydrogens is 344 g/mol. The number of nitrogens with zero attached hydrogens (tertiary/aromatic N) is 1. The number of rotatable bonds is 5. The van der Waals surface area contributed by atoms with Gasteiger partial charge in [-0.05, 0) is 54.1 Å². The van der Waals surface area contributed by atoms with Crippen LogP contribution in [0, 0.1) is 0 Å². The molecule has 1 aliphatic rings. The molecular formula is C17H20N2O3S2. The van der Waals surface area contributed by atoms with Crippen molar-refractivity contribution in [1.29, 1.82) is 0 Å². The molecule has 7 heteroatoms. The molecule has 2 aromatic rings. The van der Waals surface area contributed by atoms with Gasteiger partial charge in [-0.25, -0.2) is 8.42 Å². The van der Waals surface area contributed by atoms with Gasteiger partial charge in [0.1, 0.15) is 0 Å². The molecule has 0 aliphatic carbocycles. The highest BCUT2D eigenvalue weighted by molar-refractivity contribution is 7.92. The number of hydrogen-bond donors (Lipinski definition) is 1. The lowest BCUT2D eigenvalue weighted by Crippen LogP contribution is -2.35. The number of thiophene rings is 1. The Morgan fingerprint density at radius 3 is 2.71 bits per heavy atom. The largest absolute Gasteiger partial charge is 0.334 e. The lowest BCUT2D eigenvalue weighted by atomic mass is 10.1. The minimum atomic E-state index is -3.31. The summed E-state index contributed by atoms with van der Waals surface area (Å²) in [5, 5.41) is 2.07. The summed E-state index contributed by atoms with van der Waals surface area (Å²) in [5.74, 6) is 0.0690. The smallest absolute Gasteiger partial charge is 0.254 e. The van der Waals surface area contributed by atoms with Gasteiger partial charge in [0.15, 0.2) is 0 Å². The first-order valence-corrected chi connectivity index (χ1v) is 10.5. The molecule has 1 amide bonds. The quantitative estimate of drug-likeness (QED) is 0.886. The molecule has 0 radical (unpaired) electrons. The third-order valence-electron chi connectivity index (χ3n) is 3.97. The van der Waals surface area contributed by atoms with Crippen LogP contribution in [0.2, 0.25) is 0 Å². The molecule has 128 valence electrons. The van der Waals surface area contributed by atoms with Gasteiger partial charge in [-0.3, -0.25) is 9.52 Å². The molecule has 2 heterocycles. The SMILES string of the molecule is CCCS(=O)(=O)Nc1ccc(C(=O)N2CCc3sccc3C2)cc1. The lowest BCUT2D eigenvalue weighted by molar-refractivity contribution is 0.0736. The number of benzene rings is 1. The Labute approximate surface area is 146 Å². The number of carbonyl (C=O) groups excluding carboxylic acids is 1. The monoisotopic (exact) mass is 364 g/mol. The molecule has 24 heavy (non-hydrogen) atoms. The van der Waals surface area contributed by atoms with Crippen molar-refractivity contribution < 1.29 is 13.2 Å². The van der Waals surface area contributed by atoms with Gasteiger partial charge in [0.2, 0.25) is 10.0 Å². The predicted octanol–water partition coefficient (Wildman–Crippen LogP) is 3.10. The Balaban J connectivity index is 1.68. The highest BCUT2D eigenvalue weighted by Gasteiger charge is 2.22. The summed E-state index contributed by atoms with van der Waals surface area (Å²) in [6, 6.07) is 8.70. The van der Waals surface area contributed by atoms with Crippen LogP contribution in [-0.2, 0) is 23.0 Å². The van der Waals surface area contributed by atoms with Crippen molar-refractivity contribution in [3.05, 3.63) is 51.7 Å². The maximum Gasteiger partial charge on any atom is 0.254 e. The Kier molecular flexibility index (Phi) is 4.91. The van der Waals surface area contributed by atoms with Crippen molar-refractivity contribution in [1.82, 2.24) is 4.90 Å². The van der Waals surface area contributed by atoms with Gasteiger partial charge in [-0.1, -0.05) is 6.92 Å². The van der Waals surface area contributed by atoms with Crippen LogP contribution < -0.4 is 4.72 Å². The molecule has 1 N–H and O–H groups in total. The molecule has 1 aromatic carbocycles. The molecule has 0 fully saturated rings. The first-order valence-electron chi connectivity index (χ1n) is 7.93. The van der Waals surface area contributed by atoms with E-state index in [0.29, 0.717) is 24.2 Å². The Bertz CT molecular complexity index is 826. The van der Waals surface area contributed by atoms with Gasteiger partial charge in [0.05, 0.1) is 5.75 Å². The van der Waals surface area contributed by atoms with E-state index < -0.39 is 10.0 Å². The zero-order valence-corrected chi connectivity index (χ0v) is 15.1. The van der Waals surface area contributed by atoms with E-state index in [2.05, 4.69) is 16.2 Å². The second-order valence-corrected chi connectivity index (χ2v) is 8.69. The molecule has 0 saturated heterocycles. The van der Waals surface area contributed by atoms with Crippen molar-refractivity contribution >= 4 is 33.0 Å². The summed E-state index contributed by atoms with van der Waals surface area (Å²) < 4.78 is 26.1. The van der Waals surface area contributed by atoms with Crippen molar-refractivity contribution in [3.63, 3.8) is 0 Å². The van der Waals surface area contributed by atoms with Gasteiger partial charge >= 0.3 is 0 Å². The summed E-state index contributed by atoms with van der Waals surface area (Å²) in [6.45, 7) is 3.18. The zero-order valence-electron chi connectivity index (χ0n) is 13.5. The highest BCUT2D eigenvalue weighted by atomic mass is 32.2. The van der Waals surface area contributed by atoms with Gasteiger partial charge in [0, 0.05) is 29.2 Å².